The molecule has 0 spiro atoms. The van der Waals surface area contributed by atoms with E-state index in [-0.39, 0.29) is 11.4 Å². The number of nitro groups is 1. The minimum Gasteiger partial charge on any atom is -0.439 e. The SMILES string of the molecule is Cc1cc(Br)cc([N+](=O)[O-])c1Oc1ccc(C=O)s1. The number of rotatable bonds is 4. The first-order chi connectivity index (χ1) is 9.01. The van der Waals surface area contributed by atoms with Crippen molar-refractivity contribution in [1.29, 1.82) is 0 Å². The largest absolute Gasteiger partial charge is 0.439 e. The van der Waals surface area contributed by atoms with Crippen molar-refractivity contribution >= 4 is 39.2 Å². The van der Waals surface area contributed by atoms with Gasteiger partial charge in [-0.1, -0.05) is 27.3 Å². The van der Waals surface area contributed by atoms with Crippen molar-refractivity contribution in [2.75, 3.05) is 0 Å². The smallest absolute Gasteiger partial charge is 0.313 e. The number of carbonyl (C=O) groups is 1. The van der Waals surface area contributed by atoms with Crippen molar-refractivity contribution < 1.29 is 14.5 Å². The van der Waals surface area contributed by atoms with Gasteiger partial charge in [0.2, 0.25) is 5.75 Å². The molecule has 19 heavy (non-hydrogen) atoms. The van der Waals surface area contributed by atoms with Crippen LogP contribution in [0, 0.1) is 17.0 Å². The fourth-order valence-corrected chi connectivity index (χ4v) is 2.77. The number of carbonyl (C=O) groups excluding carboxylic acids is 1. The van der Waals surface area contributed by atoms with Crippen molar-refractivity contribution in [3.63, 3.8) is 0 Å². The van der Waals surface area contributed by atoms with E-state index in [4.69, 9.17) is 4.74 Å². The normalized spacial score (nSPS) is 10.2. The van der Waals surface area contributed by atoms with Crippen molar-refractivity contribution in [3.8, 4) is 10.8 Å². The maximum atomic E-state index is 11.0. The quantitative estimate of drug-likeness (QED) is 0.471. The van der Waals surface area contributed by atoms with Gasteiger partial charge in [-0.05, 0) is 25.1 Å². The van der Waals surface area contributed by atoms with Crippen molar-refractivity contribution in [2.45, 2.75) is 6.92 Å². The van der Waals surface area contributed by atoms with Crippen LogP contribution in [0.15, 0.2) is 28.7 Å². The Kier molecular flexibility index (Phi) is 3.96. The molecule has 1 aromatic carbocycles. The third kappa shape index (κ3) is 2.99. The molecule has 98 valence electrons. The van der Waals surface area contributed by atoms with E-state index in [9.17, 15) is 14.9 Å². The highest BCUT2D eigenvalue weighted by Gasteiger charge is 2.20. The zero-order valence-electron chi connectivity index (χ0n) is 9.75. The summed E-state index contributed by atoms with van der Waals surface area (Å²) >= 11 is 4.35. The van der Waals surface area contributed by atoms with Crippen LogP contribution in [0.25, 0.3) is 0 Å². The van der Waals surface area contributed by atoms with Crippen molar-refractivity contribution in [2.24, 2.45) is 0 Å². The first-order valence-corrected chi connectivity index (χ1v) is 6.79. The van der Waals surface area contributed by atoms with Crippen LogP contribution in [0.4, 0.5) is 5.69 Å². The predicted molar refractivity (Wildman–Crippen MR) is 75.3 cm³/mol. The number of ether oxygens (including phenoxy) is 1. The summed E-state index contributed by atoms with van der Waals surface area (Å²) in [5.74, 6) is 0.187. The number of thiophene rings is 1. The molecule has 7 heteroatoms. The van der Waals surface area contributed by atoms with Crippen LogP contribution in [0.1, 0.15) is 15.2 Å². The molecule has 0 atom stereocenters. The Balaban J connectivity index is 2.43. The summed E-state index contributed by atoms with van der Waals surface area (Å²) in [5, 5.41) is 11.5. The molecule has 1 heterocycles. The number of nitrogens with zero attached hydrogens (tertiary/aromatic N) is 1. The summed E-state index contributed by atoms with van der Waals surface area (Å²) < 4.78 is 6.15. The lowest BCUT2D eigenvalue weighted by Gasteiger charge is -2.07. The van der Waals surface area contributed by atoms with Gasteiger partial charge in [-0.3, -0.25) is 14.9 Å². The topological polar surface area (TPSA) is 69.4 Å². The second-order valence-electron chi connectivity index (χ2n) is 3.70. The molecule has 5 nitrogen and oxygen atoms in total. The Hall–Kier alpha value is -1.73. The molecule has 0 fully saturated rings. The number of aryl methyl sites for hydroxylation is 1. The number of hydrogen-bond acceptors (Lipinski definition) is 5. The van der Waals surface area contributed by atoms with Crippen LogP contribution in [0.2, 0.25) is 0 Å². The van der Waals surface area contributed by atoms with Gasteiger partial charge in [0.25, 0.3) is 0 Å². The molecule has 0 aliphatic rings. The second kappa shape index (κ2) is 5.50. The summed E-state index contributed by atoms with van der Waals surface area (Å²) in [6.45, 7) is 1.72. The fraction of sp³-hybridized carbons (Fsp3) is 0.0833. The molecule has 1 aromatic heterocycles. The molecule has 0 radical (unpaired) electrons. The molecule has 0 bridgehead atoms. The molecule has 0 aliphatic carbocycles. The lowest BCUT2D eigenvalue weighted by atomic mass is 10.2. The predicted octanol–water partition coefficient (Wildman–Crippen LogP) is 4.33. The minimum absolute atomic E-state index is 0.118. The van der Waals surface area contributed by atoms with Crippen LogP contribution in [-0.2, 0) is 0 Å². The van der Waals surface area contributed by atoms with Crippen molar-refractivity contribution in [1.82, 2.24) is 0 Å². The van der Waals surface area contributed by atoms with Crippen LogP contribution in [0.3, 0.4) is 0 Å². The molecular formula is C12H8BrNO4S. The molecule has 0 aliphatic heterocycles. The molecule has 0 N–H and O–H groups in total. The van der Waals surface area contributed by atoms with Gasteiger partial charge in [0, 0.05) is 16.1 Å². The molecule has 0 saturated carbocycles. The van der Waals surface area contributed by atoms with Gasteiger partial charge in [-0.15, -0.1) is 0 Å². The third-order valence-corrected chi connectivity index (χ3v) is 3.68. The van der Waals surface area contributed by atoms with Crippen molar-refractivity contribution in [3.05, 3.63) is 49.3 Å². The lowest BCUT2D eigenvalue weighted by Crippen LogP contribution is -1.95. The number of benzene rings is 1. The standard InChI is InChI=1S/C12H8BrNO4S/c1-7-4-8(13)5-10(14(16)17)12(7)18-11-3-2-9(6-15)19-11/h2-6H,1H3. The van der Waals surface area contributed by atoms with E-state index in [0.29, 0.717) is 26.3 Å². The lowest BCUT2D eigenvalue weighted by molar-refractivity contribution is -0.385. The number of aldehydes is 1. The Morgan fingerprint density at radius 3 is 2.74 bits per heavy atom. The number of halogens is 1. The summed E-state index contributed by atoms with van der Waals surface area (Å²) in [6, 6.07) is 6.33. The summed E-state index contributed by atoms with van der Waals surface area (Å²) in [6.07, 6.45) is 0.709. The molecule has 2 aromatic rings. The van der Waals surface area contributed by atoms with Gasteiger partial charge >= 0.3 is 5.69 Å². The van der Waals surface area contributed by atoms with E-state index in [0.717, 1.165) is 11.3 Å². The zero-order chi connectivity index (χ0) is 14.0. The first-order valence-electron chi connectivity index (χ1n) is 5.18. The Labute approximate surface area is 121 Å². The average molecular weight is 342 g/mol. The highest BCUT2D eigenvalue weighted by molar-refractivity contribution is 9.10. The number of hydrogen-bond donors (Lipinski definition) is 0. The maximum Gasteiger partial charge on any atom is 0.313 e. The van der Waals surface area contributed by atoms with E-state index in [2.05, 4.69) is 15.9 Å². The number of nitro benzene ring substituents is 1. The van der Waals surface area contributed by atoms with Gasteiger partial charge in [-0.25, -0.2) is 0 Å². The summed E-state index contributed by atoms with van der Waals surface area (Å²) in [7, 11) is 0. The van der Waals surface area contributed by atoms with Crippen LogP contribution in [-0.4, -0.2) is 11.2 Å². The highest BCUT2D eigenvalue weighted by atomic mass is 79.9. The fourth-order valence-electron chi connectivity index (χ4n) is 1.53. The zero-order valence-corrected chi connectivity index (χ0v) is 12.2. The molecule has 0 saturated heterocycles. The van der Waals surface area contributed by atoms with Gasteiger partial charge in [-0.2, -0.15) is 0 Å². The molecule has 2 rings (SSSR count). The van der Waals surface area contributed by atoms with Gasteiger partial charge in [0.15, 0.2) is 11.3 Å². The van der Waals surface area contributed by atoms with Crippen LogP contribution >= 0.6 is 27.3 Å². The molecule has 0 unspecified atom stereocenters. The Bertz CT molecular complexity index is 653. The van der Waals surface area contributed by atoms with Gasteiger partial charge in [0.1, 0.15) is 0 Å². The monoisotopic (exact) mass is 341 g/mol. The van der Waals surface area contributed by atoms with Gasteiger partial charge < -0.3 is 4.74 Å². The van der Waals surface area contributed by atoms with Crippen LogP contribution < -0.4 is 4.74 Å². The Morgan fingerprint density at radius 2 is 2.16 bits per heavy atom. The minimum atomic E-state index is -0.499. The van der Waals surface area contributed by atoms with E-state index < -0.39 is 4.92 Å². The summed E-state index contributed by atoms with van der Waals surface area (Å²) in [4.78, 5) is 21.6. The van der Waals surface area contributed by atoms with Gasteiger partial charge in [0.05, 0.1) is 9.80 Å². The second-order valence-corrected chi connectivity index (χ2v) is 5.70. The third-order valence-electron chi connectivity index (χ3n) is 2.34. The molecule has 0 amide bonds. The van der Waals surface area contributed by atoms with E-state index in [1.807, 2.05) is 0 Å². The van der Waals surface area contributed by atoms with E-state index in [1.54, 1.807) is 25.1 Å². The van der Waals surface area contributed by atoms with Crippen LogP contribution in [0.5, 0.6) is 10.8 Å². The highest BCUT2D eigenvalue weighted by Crippen LogP contribution is 2.39. The first kappa shape index (κ1) is 13.7. The Morgan fingerprint density at radius 1 is 1.42 bits per heavy atom. The van der Waals surface area contributed by atoms with E-state index in [1.165, 1.54) is 6.07 Å². The van der Waals surface area contributed by atoms with E-state index >= 15 is 0 Å². The summed E-state index contributed by atoms with van der Waals surface area (Å²) in [5.41, 5.74) is 0.523. The molecular weight excluding hydrogens is 334 g/mol. The average Bonchev–Trinajstić information content (AvgIpc) is 2.79. The maximum absolute atomic E-state index is 11.0.